The Morgan fingerprint density at radius 3 is 1.21 bits per heavy atom. The first-order valence-corrected chi connectivity index (χ1v) is 17.0. The predicted molar refractivity (Wildman–Crippen MR) is 136 cm³/mol. The monoisotopic (exact) mass is 626 g/mol. The van der Waals surface area contributed by atoms with E-state index in [1.807, 2.05) is 41.5 Å². The molecule has 9 heteroatoms. The Morgan fingerprint density at radius 2 is 0.923 bits per heavy atom. The van der Waals surface area contributed by atoms with E-state index in [4.69, 9.17) is 5.63 Å². The summed E-state index contributed by atoms with van der Waals surface area (Å²) >= 11 is -5.11. The molecule has 0 fully saturated rings. The van der Waals surface area contributed by atoms with Crippen molar-refractivity contribution in [1.82, 2.24) is 0 Å². The fourth-order valence-corrected chi connectivity index (χ4v) is 16.2. The third kappa shape index (κ3) is 5.70. The Morgan fingerprint density at radius 1 is 0.564 bits per heavy atom. The summed E-state index contributed by atoms with van der Waals surface area (Å²) in [6, 6.07) is 9.24. The van der Waals surface area contributed by atoms with Crippen LogP contribution in [0.2, 0.25) is 0 Å². The molecule has 2 nitrogen and oxygen atoms in total. The van der Waals surface area contributed by atoms with Crippen LogP contribution in [0, 0.1) is 0 Å². The van der Waals surface area contributed by atoms with Gasteiger partial charge in [-0.25, -0.2) is 0 Å². The number of benzene rings is 2. The minimum absolute atomic E-state index is 0.0251. The van der Waals surface area contributed by atoms with Crippen LogP contribution < -0.4 is 5.63 Å². The average Bonchev–Trinajstić information content (AvgIpc) is 3.24. The second-order valence-electron chi connectivity index (χ2n) is 10.3. The van der Waals surface area contributed by atoms with Crippen molar-refractivity contribution in [3.63, 3.8) is 0 Å². The molecule has 0 radical (unpaired) electrons. The van der Waals surface area contributed by atoms with E-state index in [0.29, 0.717) is 12.8 Å². The van der Waals surface area contributed by atoms with Crippen LogP contribution in [0.1, 0.15) is 65.5 Å². The van der Waals surface area contributed by atoms with E-state index in [-0.39, 0.29) is 11.5 Å². The molecule has 4 rings (SSSR count). The van der Waals surface area contributed by atoms with Crippen molar-refractivity contribution in [2.45, 2.75) is 66.7 Å². The van der Waals surface area contributed by atoms with Crippen LogP contribution in [0.5, 0.6) is 11.5 Å². The summed E-state index contributed by atoms with van der Waals surface area (Å²) in [5.74, 6) is -0.0502. The van der Waals surface area contributed by atoms with Gasteiger partial charge in [-0.3, -0.25) is 0 Å². The van der Waals surface area contributed by atoms with Crippen molar-refractivity contribution < 1.29 is 53.1 Å². The van der Waals surface area contributed by atoms with E-state index in [1.165, 1.54) is 24.3 Å². The van der Waals surface area contributed by atoms with Crippen molar-refractivity contribution in [3.8, 4) is 11.5 Å². The van der Waals surface area contributed by atoms with Crippen molar-refractivity contribution in [2.75, 3.05) is 0 Å². The summed E-state index contributed by atoms with van der Waals surface area (Å²) in [6.45, 7) is 11.7. The Bertz CT molecular complexity index is 1330. The molecule has 0 unspecified atom stereocenters. The van der Waals surface area contributed by atoms with E-state index >= 15 is 0 Å². The number of hydrogen-bond acceptors (Lipinski definition) is 2. The van der Waals surface area contributed by atoms with Gasteiger partial charge in [0.25, 0.3) is 0 Å². The van der Waals surface area contributed by atoms with Gasteiger partial charge < -0.3 is 0 Å². The van der Waals surface area contributed by atoms with Crippen LogP contribution in [-0.4, -0.2) is 0 Å². The van der Waals surface area contributed by atoms with Gasteiger partial charge in [0, 0.05) is 0 Å². The molecule has 0 aromatic heterocycles. The second kappa shape index (κ2) is 10.5. The quantitative estimate of drug-likeness (QED) is 0.297. The topological polar surface area (TPSA) is 18.5 Å². The molecule has 0 atom stereocenters. The first kappa shape index (κ1) is 29.4. The van der Waals surface area contributed by atoms with Crippen LogP contribution in [0.25, 0.3) is 0 Å². The average molecular weight is 628 g/mol. The van der Waals surface area contributed by atoms with Gasteiger partial charge in [0.15, 0.2) is 0 Å². The number of allylic oxidation sites excluding steroid dienone is 8. The molecule has 0 bridgehead atoms. The zero-order valence-electron chi connectivity index (χ0n) is 22.6. The molecule has 2 aliphatic carbocycles. The number of halogens is 6. The maximum atomic E-state index is 13.6. The first-order chi connectivity index (χ1) is 18.0. The Balaban J connectivity index is 2.03. The van der Waals surface area contributed by atoms with E-state index in [2.05, 4.69) is 0 Å². The number of hydrogen-bond donors (Lipinski definition) is 0. The number of alkyl halides is 6. The van der Waals surface area contributed by atoms with Gasteiger partial charge in [-0.1, -0.05) is 0 Å². The van der Waals surface area contributed by atoms with Crippen LogP contribution in [0.3, 0.4) is 0 Å². The second-order valence-corrected chi connectivity index (χ2v) is 16.8. The summed E-state index contributed by atoms with van der Waals surface area (Å²) in [4.78, 5) is 0. The summed E-state index contributed by atoms with van der Waals surface area (Å²) < 4.78 is 97.0. The molecule has 0 N–H and O–H groups in total. The van der Waals surface area contributed by atoms with Crippen molar-refractivity contribution in [2.24, 2.45) is 0 Å². The van der Waals surface area contributed by atoms with Gasteiger partial charge >= 0.3 is 231 Å². The third-order valence-electron chi connectivity index (χ3n) is 7.45. The van der Waals surface area contributed by atoms with Gasteiger partial charge in [0.05, 0.1) is 0 Å². The fraction of sp³-hybridized carbons (Fsp3) is 0.333. The SMILES string of the molecule is CC1=C(C)[C]([Zr]([O]c2cccc(C(F)(F)F)c2)([O]c2cccc(C(F)(F)F)c2)[C]2=C(C)CC(C)=C2C)=C(C)C1. The predicted octanol–water partition coefficient (Wildman–Crippen LogP) is 10.2. The van der Waals surface area contributed by atoms with Gasteiger partial charge in [0.2, 0.25) is 0 Å². The van der Waals surface area contributed by atoms with E-state index in [1.54, 1.807) is 0 Å². The van der Waals surface area contributed by atoms with Gasteiger partial charge in [-0.2, -0.15) is 0 Å². The van der Waals surface area contributed by atoms with Crippen LogP contribution >= 0.6 is 0 Å². The molecular formula is C30H30F6O2Zr. The summed E-state index contributed by atoms with van der Waals surface area (Å²) in [5.41, 5.74) is 4.13. The molecule has 2 aromatic carbocycles. The van der Waals surface area contributed by atoms with Crippen molar-refractivity contribution >= 4 is 0 Å². The van der Waals surface area contributed by atoms with Gasteiger partial charge in [-0.05, 0) is 0 Å². The molecule has 2 aromatic rings. The Labute approximate surface area is 230 Å². The van der Waals surface area contributed by atoms with E-state index in [9.17, 15) is 26.3 Å². The molecule has 208 valence electrons. The van der Waals surface area contributed by atoms with Crippen LogP contribution in [0.4, 0.5) is 26.3 Å². The zero-order valence-corrected chi connectivity index (χ0v) is 25.1. The minimum atomic E-state index is -5.11. The fourth-order valence-electron chi connectivity index (χ4n) is 5.51. The van der Waals surface area contributed by atoms with Crippen molar-refractivity contribution in [3.05, 3.63) is 99.7 Å². The molecule has 0 amide bonds. The Kier molecular flexibility index (Phi) is 7.90. The summed E-state index contributed by atoms with van der Waals surface area (Å²) in [7, 11) is 0. The number of rotatable bonds is 6. The molecule has 0 saturated heterocycles. The van der Waals surface area contributed by atoms with E-state index in [0.717, 1.165) is 64.3 Å². The van der Waals surface area contributed by atoms with Crippen molar-refractivity contribution in [1.29, 1.82) is 0 Å². The molecule has 0 aliphatic heterocycles. The van der Waals surface area contributed by atoms with Gasteiger partial charge in [0.1, 0.15) is 0 Å². The first-order valence-electron chi connectivity index (χ1n) is 12.5. The molecule has 0 heterocycles. The van der Waals surface area contributed by atoms with Gasteiger partial charge in [-0.15, -0.1) is 0 Å². The maximum absolute atomic E-state index is 13.6. The van der Waals surface area contributed by atoms with Crippen LogP contribution in [-0.2, 0) is 33.5 Å². The molecular weight excluding hydrogens is 598 g/mol. The standard InChI is InChI=1S/2C8H11.2C7H5F3O.Zr/c2*1-6-4-7(2)8(3)5-6;2*8-7(9,10)5-2-1-3-6(11)4-5;/h2*4H2,1-3H3;2*1-4,11H;/q;;;;+2/p-2. The normalized spacial score (nSPS) is 17.1. The van der Waals surface area contributed by atoms with E-state index < -0.39 is 44.6 Å². The molecule has 0 spiro atoms. The molecule has 39 heavy (non-hydrogen) atoms. The summed E-state index contributed by atoms with van der Waals surface area (Å²) in [5, 5.41) is 0. The van der Waals surface area contributed by atoms with Crippen LogP contribution in [0.15, 0.2) is 88.5 Å². The summed E-state index contributed by atoms with van der Waals surface area (Å²) in [6.07, 6.45) is -7.93. The molecule has 2 aliphatic rings. The third-order valence-corrected chi connectivity index (χ3v) is 17.2. The molecule has 0 saturated carbocycles. The Hall–Kier alpha value is -2.54. The zero-order chi connectivity index (χ0) is 28.9.